The molecule has 27 heavy (non-hydrogen) atoms. The van der Waals surface area contributed by atoms with Gasteiger partial charge >= 0.3 is 0 Å². The number of fused-ring (bicyclic) bond motifs is 1. The van der Waals surface area contributed by atoms with Gasteiger partial charge in [-0.15, -0.1) is 0 Å². The second kappa shape index (κ2) is 7.02. The van der Waals surface area contributed by atoms with E-state index in [-0.39, 0.29) is 30.8 Å². The zero-order valence-corrected chi connectivity index (χ0v) is 15.2. The minimum absolute atomic E-state index is 0.0688. The van der Waals surface area contributed by atoms with Crippen molar-refractivity contribution in [2.24, 2.45) is 5.73 Å². The number of nitrogens with two attached hydrogens (primary N) is 1. The second-order valence-corrected chi connectivity index (χ2v) is 6.81. The third-order valence-electron chi connectivity index (χ3n) is 5.13. The Hall–Kier alpha value is -2.90. The van der Waals surface area contributed by atoms with Crippen molar-refractivity contribution in [3.8, 4) is 0 Å². The van der Waals surface area contributed by atoms with Gasteiger partial charge < -0.3 is 20.9 Å². The summed E-state index contributed by atoms with van der Waals surface area (Å²) in [4.78, 5) is 28.1. The second-order valence-electron chi connectivity index (χ2n) is 6.81. The van der Waals surface area contributed by atoms with E-state index >= 15 is 4.39 Å². The van der Waals surface area contributed by atoms with E-state index in [1.54, 1.807) is 4.90 Å². The predicted octanol–water partition coefficient (Wildman–Crippen LogP) is 2.24. The van der Waals surface area contributed by atoms with Crippen LogP contribution in [0.2, 0.25) is 0 Å². The molecule has 1 saturated heterocycles. The fraction of sp³-hybridized carbons (Fsp3) is 0.368. The number of hydrogen-bond donors (Lipinski definition) is 3. The number of halogens is 2. The highest BCUT2D eigenvalue weighted by Gasteiger charge is 2.33. The third-order valence-corrected chi connectivity index (χ3v) is 5.13. The monoisotopic (exact) mass is 376 g/mol. The number of aromatic nitrogens is 1. The molecule has 144 valence electrons. The van der Waals surface area contributed by atoms with E-state index in [0.29, 0.717) is 10.9 Å². The highest BCUT2D eigenvalue weighted by molar-refractivity contribution is 6.10. The number of H-pyrrole nitrogens is 1. The maximum absolute atomic E-state index is 15.0. The molecule has 8 heteroatoms. The Kier molecular flexibility index (Phi) is 4.91. The Balaban J connectivity index is 2.10. The molecule has 1 aliphatic rings. The summed E-state index contributed by atoms with van der Waals surface area (Å²) in [5.74, 6) is -1.82. The molecule has 2 atom stereocenters. The van der Waals surface area contributed by atoms with Crippen LogP contribution in [0.25, 0.3) is 10.9 Å². The molecule has 0 aliphatic carbocycles. The van der Waals surface area contributed by atoms with Gasteiger partial charge in [-0.2, -0.15) is 0 Å². The zero-order valence-electron chi connectivity index (χ0n) is 15.2. The number of aryl methyl sites for hydroxylation is 2. The Morgan fingerprint density at radius 3 is 2.78 bits per heavy atom. The number of amides is 2. The number of primary amides is 1. The first-order valence-corrected chi connectivity index (χ1v) is 8.67. The van der Waals surface area contributed by atoms with Crippen molar-refractivity contribution in [2.75, 3.05) is 18.0 Å². The number of carbonyl (C=O) groups is 2. The van der Waals surface area contributed by atoms with Gasteiger partial charge in [-0.3, -0.25) is 9.59 Å². The molecule has 1 aromatic heterocycles. The Bertz CT molecular complexity index is 938. The van der Waals surface area contributed by atoms with E-state index in [1.165, 1.54) is 0 Å². The highest BCUT2D eigenvalue weighted by Crippen LogP contribution is 2.37. The van der Waals surface area contributed by atoms with Crippen LogP contribution < -0.4 is 16.0 Å². The SMILES string of the molecule is C=CC(=O)N[C@H]1CN(c2c(F)cc(C(N)=O)c3[nH]c(C)c(C)c23)CC[C@H]1F. The third kappa shape index (κ3) is 3.27. The molecule has 0 spiro atoms. The van der Waals surface area contributed by atoms with E-state index < -0.39 is 29.8 Å². The standard InChI is InChI=1S/C19H22F2N4O2/c1-4-15(26)24-14-8-25(6-5-12(14)20)18-13(21)7-11(19(22)27)17-16(18)9(2)10(3)23-17/h4,7,12,14,23H,1,5-6,8H2,2-3H3,(H2,22,27)(H,24,26)/t12-,14+/m1/s1. The van der Waals surface area contributed by atoms with Gasteiger partial charge in [-0.25, -0.2) is 8.78 Å². The molecule has 2 aromatic rings. The fourth-order valence-electron chi connectivity index (χ4n) is 3.61. The number of aromatic amines is 1. The minimum Gasteiger partial charge on any atom is -0.366 e. The molecule has 0 bridgehead atoms. The topological polar surface area (TPSA) is 91.2 Å². The lowest BCUT2D eigenvalue weighted by molar-refractivity contribution is -0.117. The lowest BCUT2D eigenvalue weighted by Crippen LogP contribution is -2.53. The first-order chi connectivity index (χ1) is 12.7. The molecule has 1 aromatic carbocycles. The van der Waals surface area contributed by atoms with Gasteiger partial charge in [0, 0.05) is 24.2 Å². The molecular weight excluding hydrogens is 354 g/mol. The molecule has 0 unspecified atom stereocenters. The number of hydrogen-bond acceptors (Lipinski definition) is 3. The Labute approximate surface area is 155 Å². The van der Waals surface area contributed by atoms with Gasteiger partial charge in [0.25, 0.3) is 5.91 Å². The van der Waals surface area contributed by atoms with Crippen molar-refractivity contribution >= 4 is 28.4 Å². The van der Waals surface area contributed by atoms with Crippen molar-refractivity contribution in [3.05, 3.63) is 41.4 Å². The van der Waals surface area contributed by atoms with Crippen LogP contribution in [0.4, 0.5) is 14.5 Å². The summed E-state index contributed by atoms with van der Waals surface area (Å²) in [6.45, 7) is 7.40. The first-order valence-electron chi connectivity index (χ1n) is 8.67. The average molecular weight is 376 g/mol. The summed E-state index contributed by atoms with van der Waals surface area (Å²) in [5.41, 5.74) is 7.79. The highest BCUT2D eigenvalue weighted by atomic mass is 19.1. The minimum atomic E-state index is -1.23. The van der Waals surface area contributed by atoms with Gasteiger partial charge in [0.15, 0.2) is 0 Å². The van der Waals surface area contributed by atoms with Crippen LogP contribution >= 0.6 is 0 Å². The van der Waals surface area contributed by atoms with Crippen LogP contribution in [0.15, 0.2) is 18.7 Å². The van der Waals surface area contributed by atoms with Gasteiger partial charge in [0.1, 0.15) is 12.0 Å². The van der Waals surface area contributed by atoms with E-state index in [4.69, 9.17) is 5.73 Å². The van der Waals surface area contributed by atoms with E-state index in [9.17, 15) is 14.0 Å². The molecule has 0 saturated carbocycles. The maximum Gasteiger partial charge on any atom is 0.250 e. The summed E-state index contributed by atoms with van der Waals surface area (Å²) < 4.78 is 29.3. The molecule has 2 amide bonds. The van der Waals surface area contributed by atoms with Crippen molar-refractivity contribution < 1.29 is 18.4 Å². The summed E-state index contributed by atoms with van der Waals surface area (Å²) in [5, 5.41) is 3.11. The number of piperidine rings is 1. The van der Waals surface area contributed by atoms with Crippen LogP contribution in [0.5, 0.6) is 0 Å². The molecule has 2 heterocycles. The zero-order chi connectivity index (χ0) is 19.9. The van der Waals surface area contributed by atoms with Crippen molar-refractivity contribution in [1.29, 1.82) is 0 Å². The predicted molar refractivity (Wildman–Crippen MR) is 100 cm³/mol. The van der Waals surface area contributed by atoms with Crippen LogP contribution in [0.1, 0.15) is 28.0 Å². The summed E-state index contributed by atoms with van der Waals surface area (Å²) in [6.07, 6.45) is -0.0166. The summed E-state index contributed by atoms with van der Waals surface area (Å²) in [6, 6.07) is 0.323. The molecular formula is C19H22F2N4O2. The lowest BCUT2D eigenvalue weighted by atomic mass is 9.99. The molecule has 3 rings (SSSR count). The van der Waals surface area contributed by atoms with Crippen LogP contribution in [-0.2, 0) is 4.79 Å². The Morgan fingerprint density at radius 2 is 2.15 bits per heavy atom. The van der Waals surface area contributed by atoms with E-state index in [2.05, 4.69) is 16.9 Å². The number of benzene rings is 1. The number of anilines is 1. The van der Waals surface area contributed by atoms with Crippen molar-refractivity contribution in [1.82, 2.24) is 10.3 Å². The Morgan fingerprint density at radius 1 is 1.44 bits per heavy atom. The molecule has 4 N–H and O–H groups in total. The van der Waals surface area contributed by atoms with Crippen LogP contribution in [-0.4, -0.2) is 42.1 Å². The normalized spacial score (nSPS) is 19.9. The number of rotatable bonds is 4. The number of carbonyl (C=O) groups excluding carboxylic acids is 2. The number of alkyl halides is 1. The molecule has 1 aliphatic heterocycles. The molecule has 6 nitrogen and oxygen atoms in total. The van der Waals surface area contributed by atoms with Crippen molar-refractivity contribution in [3.63, 3.8) is 0 Å². The molecule has 0 radical (unpaired) electrons. The van der Waals surface area contributed by atoms with Gasteiger partial charge in [0.05, 0.1) is 22.8 Å². The first kappa shape index (κ1) is 18.9. The summed E-state index contributed by atoms with van der Waals surface area (Å²) in [7, 11) is 0. The smallest absolute Gasteiger partial charge is 0.250 e. The average Bonchev–Trinajstić information content (AvgIpc) is 2.91. The van der Waals surface area contributed by atoms with E-state index in [0.717, 1.165) is 23.4 Å². The summed E-state index contributed by atoms with van der Waals surface area (Å²) >= 11 is 0. The molecule has 1 fully saturated rings. The quantitative estimate of drug-likeness (QED) is 0.715. The van der Waals surface area contributed by atoms with Crippen LogP contribution in [0, 0.1) is 19.7 Å². The largest absolute Gasteiger partial charge is 0.366 e. The van der Waals surface area contributed by atoms with E-state index in [1.807, 2.05) is 13.8 Å². The number of nitrogens with one attached hydrogen (secondary N) is 2. The van der Waals surface area contributed by atoms with Crippen molar-refractivity contribution in [2.45, 2.75) is 32.5 Å². The maximum atomic E-state index is 15.0. The van der Waals surface area contributed by atoms with Gasteiger partial charge in [-0.1, -0.05) is 6.58 Å². The number of nitrogens with zero attached hydrogens (tertiary/aromatic N) is 1. The lowest BCUT2D eigenvalue weighted by Gasteiger charge is -2.37. The van der Waals surface area contributed by atoms with Gasteiger partial charge in [-0.05, 0) is 38.0 Å². The van der Waals surface area contributed by atoms with Crippen LogP contribution in [0.3, 0.4) is 0 Å². The van der Waals surface area contributed by atoms with Gasteiger partial charge in [0.2, 0.25) is 5.91 Å². The fourth-order valence-corrected chi connectivity index (χ4v) is 3.61.